The van der Waals surface area contributed by atoms with E-state index in [9.17, 15) is 9.59 Å². The molecule has 3 aromatic heterocycles. The number of rotatable bonds is 7. The molecular formula is C24H26N6O2. The monoisotopic (exact) mass is 430 g/mol. The Kier molecular flexibility index (Phi) is 6.94. The molecule has 1 amide bonds. The van der Waals surface area contributed by atoms with Crippen LogP contribution in [0.25, 0.3) is 5.57 Å². The summed E-state index contributed by atoms with van der Waals surface area (Å²) in [6.07, 6.45) is 13.2. The number of carbonyl (C=O) groups is 1. The Balaban J connectivity index is 1.72. The lowest BCUT2D eigenvalue weighted by molar-refractivity contribution is 0.102. The number of pyridine rings is 1. The molecule has 32 heavy (non-hydrogen) atoms. The molecule has 0 unspecified atom stereocenters. The molecule has 164 valence electrons. The molecule has 8 heteroatoms. The van der Waals surface area contributed by atoms with Crippen molar-refractivity contribution in [2.75, 3.05) is 5.32 Å². The number of carbonyl (C=O) groups excluding carboxylic acids is 1. The van der Waals surface area contributed by atoms with Gasteiger partial charge < -0.3 is 5.32 Å². The summed E-state index contributed by atoms with van der Waals surface area (Å²) in [5.41, 5.74) is 3.75. The molecule has 0 spiro atoms. The van der Waals surface area contributed by atoms with Crippen LogP contribution in [0.2, 0.25) is 0 Å². The molecule has 0 saturated heterocycles. The molecule has 0 bridgehead atoms. The average molecular weight is 431 g/mol. The zero-order chi connectivity index (χ0) is 23.3. The molecule has 1 N–H and O–H groups in total. The molecular weight excluding hydrogens is 404 g/mol. The molecule has 0 radical (unpaired) electrons. The van der Waals surface area contributed by atoms with Crippen LogP contribution in [0, 0.1) is 6.92 Å². The Bertz CT molecular complexity index is 1260. The van der Waals surface area contributed by atoms with Crippen LogP contribution in [0.15, 0.2) is 72.1 Å². The number of hydrogen-bond acceptors (Lipinski definition) is 5. The molecule has 0 saturated carbocycles. The highest BCUT2D eigenvalue weighted by Crippen LogP contribution is 2.18. The van der Waals surface area contributed by atoms with Crippen molar-refractivity contribution in [1.29, 1.82) is 0 Å². The molecule has 8 nitrogen and oxygen atoms in total. The number of nitrogens with one attached hydrogen (secondary N) is 1. The predicted molar refractivity (Wildman–Crippen MR) is 125 cm³/mol. The molecule has 3 heterocycles. The standard InChI is InChI=1S/C24H26N6O2/c1-6-7-18(10-16(2)20-13-27-29(4)15-20)11-19-8-9-22(26-12-19)28-23(31)21-14-25-17(3)30(5)24(21)32/h6-10,12-15H,1,11H2,2-5H3,(H,26,28,31)/b16-10+,18-7+. The Labute approximate surface area is 186 Å². The number of hydrogen-bond donors (Lipinski definition) is 1. The van der Waals surface area contributed by atoms with Crippen LogP contribution in [0.1, 0.15) is 34.2 Å². The van der Waals surface area contributed by atoms with Gasteiger partial charge in [-0.15, -0.1) is 0 Å². The van der Waals surface area contributed by atoms with Crippen LogP contribution in [-0.2, 0) is 20.5 Å². The zero-order valence-corrected chi connectivity index (χ0v) is 18.7. The van der Waals surface area contributed by atoms with E-state index in [0.717, 1.165) is 22.3 Å². The normalized spacial score (nSPS) is 12.0. The van der Waals surface area contributed by atoms with Crippen LogP contribution < -0.4 is 10.9 Å². The summed E-state index contributed by atoms with van der Waals surface area (Å²) in [5, 5.41) is 6.86. The van der Waals surface area contributed by atoms with Gasteiger partial charge in [0.2, 0.25) is 0 Å². The third kappa shape index (κ3) is 5.34. The summed E-state index contributed by atoms with van der Waals surface area (Å²) in [4.78, 5) is 33.1. The first-order valence-corrected chi connectivity index (χ1v) is 10.1. The van der Waals surface area contributed by atoms with Gasteiger partial charge in [-0.1, -0.05) is 30.9 Å². The van der Waals surface area contributed by atoms with Crippen molar-refractivity contribution in [2.45, 2.75) is 20.3 Å². The SMILES string of the molecule is C=C/C=C(\C=C(/C)c1cnn(C)c1)Cc1ccc(NC(=O)c2cnc(C)n(C)c2=O)nc1. The molecule has 3 aromatic rings. The number of nitrogens with zero attached hydrogens (tertiary/aromatic N) is 5. The van der Waals surface area contributed by atoms with Crippen molar-refractivity contribution in [3.63, 3.8) is 0 Å². The summed E-state index contributed by atoms with van der Waals surface area (Å²) in [6, 6.07) is 3.60. The van der Waals surface area contributed by atoms with Crippen LogP contribution in [0.3, 0.4) is 0 Å². The van der Waals surface area contributed by atoms with Gasteiger partial charge in [0.15, 0.2) is 0 Å². The first-order valence-electron chi connectivity index (χ1n) is 10.1. The Morgan fingerprint density at radius 3 is 2.59 bits per heavy atom. The molecule has 0 aromatic carbocycles. The van der Waals surface area contributed by atoms with E-state index in [0.29, 0.717) is 18.1 Å². The number of anilines is 1. The second-order valence-electron chi connectivity index (χ2n) is 7.47. The van der Waals surface area contributed by atoms with Gasteiger partial charge in [-0.2, -0.15) is 5.10 Å². The highest BCUT2D eigenvalue weighted by atomic mass is 16.2. The van der Waals surface area contributed by atoms with Crippen molar-refractivity contribution in [3.05, 3.63) is 100 Å². The Morgan fingerprint density at radius 1 is 1.19 bits per heavy atom. The predicted octanol–water partition coefficient (Wildman–Crippen LogP) is 3.23. The van der Waals surface area contributed by atoms with Gasteiger partial charge in [-0.05, 0) is 43.0 Å². The largest absolute Gasteiger partial charge is 0.306 e. The zero-order valence-electron chi connectivity index (χ0n) is 18.7. The third-order valence-corrected chi connectivity index (χ3v) is 5.01. The quantitative estimate of drug-likeness (QED) is 0.581. The first-order chi connectivity index (χ1) is 15.3. The molecule has 3 rings (SSSR count). The van der Waals surface area contributed by atoms with Gasteiger partial charge in [0.1, 0.15) is 17.2 Å². The Hall–Kier alpha value is -4.07. The average Bonchev–Trinajstić information content (AvgIpc) is 3.20. The maximum absolute atomic E-state index is 12.5. The molecule has 0 fully saturated rings. The van der Waals surface area contributed by atoms with Gasteiger partial charge in [-0.25, -0.2) is 9.97 Å². The fourth-order valence-corrected chi connectivity index (χ4v) is 3.10. The topological polar surface area (TPSA) is 94.7 Å². The molecule has 0 atom stereocenters. The van der Waals surface area contributed by atoms with Crippen molar-refractivity contribution >= 4 is 17.3 Å². The summed E-state index contributed by atoms with van der Waals surface area (Å²) in [5.74, 6) is 0.351. The van der Waals surface area contributed by atoms with Crippen molar-refractivity contribution in [2.24, 2.45) is 14.1 Å². The second kappa shape index (κ2) is 9.82. The molecule has 0 aliphatic rings. The lowest BCUT2D eigenvalue weighted by atomic mass is 10.0. The fraction of sp³-hybridized carbons (Fsp3) is 0.208. The van der Waals surface area contributed by atoms with E-state index in [1.165, 1.54) is 10.8 Å². The first kappa shape index (κ1) is 22.6. The van der Waals surface area contributed by atoms with Crippen molar-refractivity contribution < 1.29 is 4.79 Å². The maximum atomic E-state index is 12.5. The van der Waals surface area contributed by atoms with Crippen LogP contribution in [-0.4, -0.2) is 30.2 Å². The lowest BCUT2D eigenvalue weighted by Gasteiger charge is -2.08. The van der Waals surface area contributed by atoms with Gasteiger partial charge in [-0.3, -0.25) is 18.8 Å². The van der Waals surface area contributed by atoms with Crippen LogP contribution in [0.4, 0.5) is 5.82 Å². The second-order valence-corrected chi connectivity index (χ2v) is 7.47. The van der Waals surface area contributed by atoms with Gasteiger partial charge in [0.25, 0.3) is 11.5 Å². The van der Waals surface area contributed by atoms with Crippen LogP contribution in [0.5, 0.6) is 0 Å². The minimum Gasteiger partial charge on any atom is -0.306 e. The van der Waals surface area contributed by atoms with E-state index in [-0.39, 0.29) is 5.56 Å². The number of amides is 1. The minimum atomic E-state index is -0.541. The fourth-order valence-electron chi connectivity index (χ4n) is 3.10. The molecule has 0 aliphatic carbocycles. The number of aryl methyl sites for hydroxylation is 2. The summed E-state index contributed by atoms with van der Waals surface area (Å²) >= 11 is 0. The van der Waals surface area contributed by atoms with Crippen molar-refractivity contribution in [1.82, 2.24) is 24.3 Å². The van der Waals surface area contributed by atoms with E-state index >= 15 is 0 Å². The van der Waals surface area contributed by atoms with E-state index in [1.807, 2.05) is 38.5 Å². The van der Waals surface area contributed by atoms with E-state index in [4.69, 9.17) is 0 Å². The highest BCUT2D eigenvalue weighted by molar-refractivity contribution is 6.03. The Morgan fingerprint density at radius 2 is 1.97 bits per heavy atom. The third-order valence-electron chi connectivity index (χ3n) is 5.01. The summed E-state index contributed by atoms with van der Waals surface area (Å²) in [7, 11) is 3.46. The summed E-state index contributed by atoms with van der Waals surface area (Å²) in [6.45, 7) is 7.54. The number of aromatic nitrogens is 5. The van der Waals surface area contributed by atoms with Gasteiger partial charge in [0.05, 0.1) is 6.20 Å². The lowest BCUT2D eigenvalue weighted by Crippen LogP contribution is -2.29. The number of allylic oxidation sites excluding steroid dienone is 5. The maximum Gasteiger partial charge on any atom is 0.266 e. The smallest absolute Gasteiger partial charge is 0.266 e. The van der Waals surface area contributed by atoms with Gasteiger partial charge >= 0.3 is 0 Å². The summed E-state index contributed by atoms with van der Waals surface area (Å²) < 4.78 is 3.10. The van der Waals surface area contributed by atoms with Gasteiger partial charge in [0, 0.05) is 38.2 Å². The van der Waals surface area contributed by atoms with E-state index in [2.05, 4.69) is 33.0 Å². The highest BCUT2D eigenvalue weighted by Gasteiger charge is 2.14. The minimum absolute atomic E-state index is 0.0313. The van der Waals surface area contributed by atoms with Crippen LogP contribution >= 0.6 is 0 Å². The molecule has 0 aliphatic heterocycles. The van der Waals surface area contributed by atoms with Crippen molar-refractivity contribution in [3.8, 4) is 0 Å². The van der Waals surface area contributed by atoms with E-state index in [1.54, 1.807) is 37.0 Å². The van der Waals surface area contributed by atoms with E-state index < -0.39 is 11.5 Å².